The summed E-state index contributed by atoms with van der Waals surface area (Å²) in [5.74, 6) is 0.221. The highest BCUT2D eigenvalue weighted by Crippen LogP contribution is 2.17. The Hall–Kier alpha value is -1.35. The van der Waals surface area contributed by atoms with E-state index in [0.29, 0.717) is 0 Å². The fourth-order valence-electron chi connectivity index (χ4n) is 3.81. The minimum absolute atomic E-state index is 0.221. The first-order valence-corrected chi connectivity index (χ1v) is 9.43. The Morgan fingerprint density at radius 1 is 0.826 bits per heavy atom. The van der Waals surface area contributed by atoms with Gasteiger partial charge in [-0.2, -0.15) is 0 Å². The maximum atomic E-state index is 12.7. The van der Waals surface area contributed by atoms with E-state index in [2.05, 4.69) is 23.1 Å². The second kappa shape index (κ2) is 8.49. The molecule has 0 atom stereocenters. The number of rotatable bonds is 3. The summed E-state index contributed by atoms with van der Waals surface area (Å²) in [6.07, 6.45) is 10.3. The van der Waals surface area contributed by atoms with Crippen molar-refractivity contribution in [2.75, 3.05) is 26.2 Å². The quantitative estimate of drug-likeness (QED) is 0.839. The van der Waals surface area contributed by atoms with E-state index in [1.54, 1.807) is 0 Å². The molecule has 2 heterocycles. The van der Waals surface area contributed by atoms with E-state index < -0.39 is 0 Å². The number of nitrogens with zero attached hydrogens (tertiary/aromatic N) is 2. The number of hydrogen-bond acceptors (Lipinski definition) is 2. The predicted molar refractivity (Wildman–Crippen MR) is 94.6 cm³/mol. The van der Waals surface area contributed by atoms with Crippen LogP contribution in [0.3, 0.4) is 0 Å². The summed E-state index contributed by atoms with van der Waals surface area (Å²) in [5, 5.41) is 0. The van der Waals surface area contributed by atoms with E-state index in [0.717, 1.165) is 38.0 Å². The Bertz CT molecular complexity index is 500. The first-order valence-electron chi connectivity index (χ1n) is 9.43. The Kier molecular flexibility index (Phi) is 6.09. The highest BCUT2D eigenvalue weighted by Gasteiger charge is 2.18. The molecule has 2 saturated heterocycles. The Labute approximate surface area is 140 Å². The van der Waals surface area contributed by atoms with Crippen molar-refractivity contribution in [2.24, 2.45) is 0 Å². The summed E-state index contributed by atoms with van der Waals surface area (Å²) < 4.78 is 0. The molecule has 0 N–H and O–H groups in total. The van der Waals surface area contributed by atoms with Crippen molar-refractivity contribution < 1.29 is 4.79 Å². The molecule has 1 aromatic carbocycles. The van der Waals surface area contributed by atoms with Crippen molar-refractivity contribution in [2.45, 2.75) is 57.9 Å². The van der Waals surface area contributed by atoms with Crippen LogP contribution in [0, 0.1) is 0 Å². The summed E-state index contributed by atoms with van der Waals surface area (Å²) in [5.41, 5.74) is 2.16. The number of benzene rings is 1. The molecule has 126 valence electrons. The monoisotopic (exact) mass is 314 g/mol. The molecule has 2 aliphatic rings. The molecule has 0 aliphatic carbocycles. The van der Waals surface area contributed by atoms with Crippen LogP contribution in [0.1, 0.15) is 67.3 Å². The Morgan fingerprint density at radius 2 is 1.43 bits per heavy atom. The van der Waals surface area contributed by atoms with Gasteiger partial charge in [-0.3, -0.25) is 9.69 Å². The van der Waals surface area contributed by atoms with Crippen molar-refractivity contribution in [1.82, 2.24) is 9.80 Å². The molecule has 0 saturated carbocycles. The van der Waals surface area contributed by atoms with Gasteiger partial charge in [0.2, 0.25) is 0 Å². The standard InChI is InChI=1S/C20H30N2O/c23-20(22-14-7-4-8-15-22)19-11-9-10-18(16-19)17-21-12-5-2-1-3-6-13-21/h9-11,16H,1-8,12-15,17H2. The topological polar surface area (TPSA) is 23.6 Å². The SMILES string of the molecule is O=C(c1cccc(CN2CCCCCCC2)c1)N1CCCCC1. The third-order valence-corrected chi connectivity index (χ3v) is 5.17. The predicted octanol–water partition coefficient (Wildman–Crippen LogP) is 4.08. The van der Waals surface area contributed by atoms with Crippen LogP contribution in [0.4, 0.5) is 0 Å². The molecule has 3 heteroatoms. The van der Waals surface area contributed by atoms with Gasteiger partial charge < -0.3 is 4.90 Å². The van der Waals surface area contributed by atoms with Gasteiger partial charge in [0, 0.05) is 25.2 Å². The number of hydrogen-bond donors (Lipinski definition) is 0. The molecule has 3 nitrogen and oxygen atoms in total. The fourth-order valence-corrected chi connectivity index (χ4v) is 3.81. The molecular formula is C20H30N2O. The lowest BCUT2D eigenvalue weighted by Crippen LogP contribution is -2.35. The number of carbonyl (C=O) groups is 1. The summed E-state index contributed by atoms with van der Waals surface area (Å²) in [7, 11) is 0. The van der Waals surface area contributed by atoms with Crippen molar-refractivity contribution in [3.63, 3.8) is 0 Å². The first kappa shape index (κ1) is 16.5. The zero-order valence-corrected chi connectivity index (χ0v) is 14.3. The van der Waals surface area contributed by atoms with Gasteiger partial charge in [0.25, 0.3) is 5.91 Å². The lowest BCUT2D eigenvalue weighted by atomic mass is 10.1. The second-order valence-corrected chi connectivity index (χ2v) is 7.10. The number of piperidine rings is 1. The van der Waals surface area contributed by atoms with E-state index in [9.17, 15) is 4.79 Å². The lowest BCUT2D eigenvalue weighted by Gasteiger charge is -2.27. The van der Waals surface area contributed by atoms with E-state index in [1.807, 2.05) is 11.0 Å². The van der Waals surface area contributed by atoms with E-state index in [4.69, 9.17) is 0 Å². The molecule has 23 heavy (non-hydrogen) atoms. The van der Waals surface area contributed by atoms with E-state index in [-0.39, 0.29) is 5.91 Å². The van der Waals surface area contributed by atoms with Gasteiger partial charge in [-0.1, -0.05) is 31.4 Å². The molecule has 0 radical (unpaired) electrons. The van der Waals surface area contributed by atoms with Gasteiger partial charge in [0.1, 0.15) is 0 Å². The van der Waals surface area contributed by atoms with Gasteiger partial charge in [-0.15, -0.1) is 0 Å². The molecule has 0 unspecified atom stereocenters. The molecule has 1 amide bonds. The van der Waals surface area contributed by atoms with Crippen LogP contribution in [-0.4, -0.2) is 41.9 Å². The first-order chi connectivity index (χ1) is 11.3. The van der Waals surface area contributed by atoms with Crippen LogP contribution in [0.25, 0.3) is 0 Å². The van der Waals surface area contributed by atoms with Crippen molar-refractivity contribution in [1.29, 1.82) is 0 Å². The third-order valence-electron chi connectivity index (χ3n) is 5.17. The summed E-state index contributed by atoms with van der Waals surface area (Å²) in [4.78, 5) is 17.2. The van der Waals surface area contributed by atoms with Crippen LogP contribution in [0.5, 0.6) is 0 Å². The molecule has 0 bridgehead atoms. The van der Waals surface area contributed by atoms with E-state index >= 15 is 0 Å². The normalized spacial score (nSPS) is 20.8. The second-order valence-electron chi connectivity index (χ2n) is 7.10. The van der Waals surface area contributed by atoms with Crippen LogP contribution >= 0.6 is 0 Å². The lowest BCUT2D eigenvalue weighted by molar-refractivity contribution is 0.0724. The minimum atomic E-state index is 0.221. The molecule has 3 rings (SSSR count). The molecule has 0 aromatic heterocycles. The largest absolute Gasteiger partial charge is 0.339 e. The molecular weight excluding hydrogens is 284 g/mol. The minimum Gasteiger partial charge on any atom is -0.339 e. The maximum absolute atomic E-state index is 12.7. The zero-order valence-electron chi connectivity index (χ0n) is 14.3. The Balaban J connectivity index is 1.63. The van der Waals surface area contributed by atoms with Crippen LogP contribution in [0.2, 0.25) is 0 Å². The molecule has 0 spiro atoms. The van der Waals surface area contributed by atoms with Gasteiger partial charge in [-0.25, -0.2) is 0 Å². The highest BCUT2D eigenvalue weighted by molar-refractivity contribution is 5.94. The molecule has 1 aromatic rings. The fraction of sp³-hybridized carbons (Fsp3) is 0.650. The van der Waals surface area contributed by atoms with E-state index in [1.165, 1.54) is 57.2 Å². The maximum Gasteiger partial charge on any atom is 0.253 e. The number of carbonyl (C=O) groups excluding carboxylic acids is 1. The van der Waals surface area contributed by atoms with Gasteiger partial charge in [0.05, 0.1) is 0 Å². The van der Waals surface area contributed by atoms with Gasteiger partial charge in [-0.05, 0) is 62.9 Å². The average Bonchev–Trinajstić information content (AvgIpc) is 2.57. The average molecular weight is 314 g/mol. The van der Waals surface area contributed by atoms with Crippen LogP contribution < -0.4 is 0 Å². The highest BCUT2D eigenvalue weighted by atomic mass is 16.2. The summed E-state index contributed by atoms with van der Waals surface area (Å²) in [6.45, 7) is 5.24. The van der Waals surface area contributed by atoms with Crippen molar-refractivity contribution >= 4 is 5.91 Å². The molecule has 2 aliphatic heterocycles. The molecule has 2 fully saturated rings. The van der Waals surface area contributed by atoms with Crippen LogP contribution in [-0.2, 0) is 6.54 Å². The summed E-state index contributed by atoms with van der Waals surface area (Å²) in [6, 6.07) is 8.33. The van der Waals surface area contributed by atoms with Crippen molar-refractivity contribution in [3.05, 3.63) is 35.4 Å². The Morgan fingerprint density at radius 3 is 2.17 bits per heavy atom. The summed E-state index contributed by atoms with van der Waals surface area (Å²) >= 11 is 0. The zero-order chi connectivity index (χ0) is 15.9. The van der Waals surface area contributed by atoms with Gasteiger partial charge in [0.15, 0.2) is 0 Å². The number of likely N-dealkylation sites (tertiary alicyclic amines) is 2. The van der Waals surface area contributed by atoms with Crippen LogP contribution in [0.15, 0.2) is 24.3 Å². The smallest absolute Gasteiger partial charge is 0.253 e. The van der Waals surface area contributed by atoms with Crippen molar-refractivity contribution in [3.8, 4) is 0 Å². The third kappa shape index (κ3) is 4.81. The number of amides is 1. The van der Waals surface area contributed by atoms with Gasteiger partial charge >= 0.3 is 0 Å².